The number of hydrogen-bond donors (Lipinski definition) is 1. The second kappa shape index (κ2) is 11.7. The first-order valence-corrected chi connectivity index (χ1v) is 12.6. The first-order chi connectivity index (χ1) is 16.3. The van der Waals surface area contributed by atoms with Crippen molar-refractivity contribution >= 4 is 15.9 Å². The van der Waals surface area contributed by atoms with E-state index in [-0.39, 0.29) is 22.4 Å². The standard InChI is InChI=1S/C24H33N3O6S/c1-18(19-8-9-22(23(17-19)32-4)33-15-14-31-3)25-24(28)20-6-5-7-21(16-20)34(29,30)27-12-10-26(2)11-13-27/h5-9,16-18H,10-15H2,1-4H3,(H,25,28). The van der Waals surface area contributed by atoms with Gasteiger partial charge in [0.15, 0.2) is 11.5 Å². The first-order valence-electron chi connectivity index (χ1n) is 11.2. The van der Waals surface area contributed by atoms with Gasteiger partial charge >= 0.3 is 0 Å². The molecule has 2 aromatic rings. The van der Waals surface area contributed by atoms with Gasteiger partial charge in [-0.2, -0.15) is 4.31 Å². The SMILES string of the molecule is COCCOc1ccc(C(C)NC(=O)c2cccc(S(=O)(=O)N3CCN(C)CC3)c2)cc1OC. The molecular formula is C24H33N3O6S. The Morgan fingerprint density at radius 1 is 1.03 bits per heavy atom. The fourth-order valence-corrected chi connectivity index (χ4v) is 5.11. The molecule has 1 aliphatic heterocycles. The van der Waals surface area contributed by atoms with E-state index in [0.29, 0.717) is 50.9 Å². The second-order valence-electron chi connectivity index (χ2n) is 8.18. The summed E-state index contributed by atoms with van der Waals surface area (Å²) in [4.78, 5) is 15.1. The van der Waals surface area contributed by atoms with Crippen LogP contribution in [0.3, 0.4) is 0 Å². The summed E-state index contributed by atoms with van der Waals surface area (Å²) in [5.41, 5.74) is 1.11. The van der Waals surface area contributed by atoms with E-state index in [9.17, 15) is 13.2 Å². The zero-order valence-electron chi connectivity index (χ0n) is 20.1. The highest BCUT2D eigenvalue weighted by Gasteiger charge is 2.28. The highest BCUT2D eigenvalue weighted by molar-refractivity contribution is 7.89. The molecule has 0 saturated carbocycles. The molecule has 2 aromatic carbocycles. The first kappa shape index (κ1) is 26.0. The van der Waals surface area contributed by atoms with E-state index in [1.807, 2.05) is 20.0 Å². The molecule has 34 heavy (non-hydrogen) atoms. The molecule has 1 unspecified atom stereocenters. The van der Waals surface area contributed by atoms with E-state index in [2.05, 4.69) is 10.2 Å². The number of carbonyl (C=O) groups is 1. The number of nitrogens with one attached hydrogen (secondary N) is 1. The van der Waals surface area contributed by atoms with Crippen molar-refractivity contribution in [2.24, 2.45) is 0 Å². The maximum Gasteiger partial charge on any atom is 0.251 e. The third-order valence-electron chi connectivity index (χ3n) is 5.78. The lowest BCUT2D eigenvalue weighted by Crippen LogP contribution is -2.47. The molecule has 3 rings (SSSR count). The van der Waals surface area contributed by atoms with Gasteiger partial charge in [0.2, 0.25) is 10.0 Å². The Kier molecular flexibility index (Phi) is 8.90. The molecule has 1 saturated heterocycles. The lowest BCUT2D eigenvalue weighted by atomic mass is 10.1. The van der Waals surface area contributed by atoms with Gasteiger partial charge in [-0.3, -0.25) is 4.79 Å². The van der Waals surface area contributed by atoms with Crippen molar-refractivity contribution < 1.29 is 27.4 Å². The third kappa shape index (κ3) is 6.26. The summed E-state index contributed by atoms with van der Waals surface area (Å²) in [6, 6.07) is 11.3. The molecule has 1 amide bonds. The van der Waals surface area contributed by atoms with Crippen molar-refractivity contribution in [2.75, 3.05) is 60.7 Å². The number of amides is 1. The Labute approximate surface area is 201 Å². The van der Waals surface area contributed by atoms with E-state index >= 15 is 0 Å². The average Bonchev–Trinajstić information content (AvgIpc) is 2.84. The number of ether oxygens (including phenoxy) is 3. The lowest BCUT2D eigenvalue weighted by Gasteiger charge is -2.31. The number of hydrogen-bond acceptors (Lipinski definition) is 7. The van der Waals surface area contributed by atoms with Gasteiger partial charge in [-0.15, -0.1) is 0 Å². The summed E-state index contributed by atoms with van der Waals surface area (Å²) in [5.74, 6) is 0.779. The Bertz CT molecular complexity index is 1080. The normalized spacial score (nSPS) is 16.1. The summed E-state index contributed by atoms with van der Waals surface area (Å²) in [6.45, 7) is 4.92. The van der Waals surface area contributed by atoms with E-state index in [4.69, 9.17) is 14.2 Å². The van der Waals surface area contributed by atoms with Crippen LogP contribution in [0.25, 0.3) is 0 Å². The number of likely N-dealkylation sites (N-methyl/N-ethyl adjacent to an activating group) is 1. The van der Waals surface area contributed by atoms with Gasteiger partial charge in [0, 0.05) is 38.9 Å². The molecule has 0 aromatic heterocycles. The molecule has 0 spiro atoms. The number of methoxy groups -OCH3 is 2. The van der Waals surface area contributed by atoms with Crippen LogP contribution in [0.15, 0.2) is 47.4 Å². The zero-order chi connectivity index (χ0) is 24.7. The number of sulfonamides is 1. The van der Waals surface area contributed by atoms with Crippen molar-refractivity contribution in [1.29, 1.82) is 0 Å². The largest absolute Gasteiger partial charge is 0.493 e. The van der Waals surface area contributed by atoms with E-state index in [0.717, 1.165) is 5.56 Å². The van der Waals surface area contributed by atoms with Crippen LogP contribution < -0.4 is 14.8 Å². The van der Waals surface area contributed by atoms with Crippen LogP contribution in [-0.4, -0.2) is 84.2 Å². The van der Waals surface area contributed by atoms with E-state index in [1.54, 1.807) is 38.5 Å². The Morgan fingerprint density at radius 3 is 2.44 bits per heavy atom. The summed E-state index contributed by atoms with van der Waals surface area (Å²) < 4.78 is 43.6. The minimum absolute atomic E-state index is 0.122. The highest BCUT2D eigenvalue weighted by atomic mass is 32.2. The molecule has 1 aliphatic rings. The second-order valence-corrected chi connectivity index (χ2v) is 10.1. The van der Waals surface area contributed by atoms with Gasteiger partial charge in [-0.1, -0.05) is 12.1 Å². The fraction of sp³-hybridized carbons (Fsp3) is 0.458. The van der Waals surface area contributed by atoms with Crippen molar-refractivity contribution in [1.82, 2.24) is 14.5 Å². The van der Waals surface area contributed by atoms with Crippen LogP contribution in [0, 0.1) is 0 Å². The zero-order valence-corrected chi connectivity index (χ0v) is 20.9. The van der Waals surface area contributed by atoms with Gasteiger partial charge in [-0.25, -0.2) is 8.42 Å². The van der Waals surface area contributed by atoms with Crippen LogP contribution in [0.4, 0.5) is 0 Å². The molecule has 1 fully saturated rings. The Morgan fingerprint density at radius 2 is 1.76 bits per heavy atom. The van der Waals surface area contributed by atoms with Gasteiger partial charge in [0.05, 0.1) is 24.7 Å². The van der Waals surface area contributed by atoms with Gasteiger partial charge in [0.1, 0.15) is 6.61 Å². The van der Waals surface area contributed by atoms with Gasteiger partial charge in [0.25, 0.3) is 5.91 Å². The maximum absolute atomic E-state index is 13.1. The Hall–Kier alpha value is -2.66. The summed E-state index contributed by atoms with van der Waals surface area (Å²) >= 11 is 0. The van der Waals surface area contributed by atoms with E-state index < -0.39 is 10.0 Å². The quantitative estimate of drug-likeness (QED) is 0.509. The molecule has 0 bridgehead atoms. The van der Waals surface area contributed by atoms with Crippen molar-refractivity contribution in [3.8, 4) is 11.5 Å². The number of rotatable bonds is 10. The monoisotopic (exact) mass is 491 g/mol. The summed E-state index contributed by atoms with van der Waals surface area (Å²) in [7, 11) is 1.46. The van der Waals surface area contributed by atoms with Crippen molar-refractivity contribution in [2.45, 2.75) is 17.9 Å². The number of benzene rings is 2. The molecule has 1 heterocycles. The molecule has 0 radical (unpaired) electrons. The van der Waals surface area contributed by atoms with Crippen molar-refractivity contribution in [3.63, 3.8) is 0 Å². The van der Waals surface area contributed by atoms with Crippen LogP contribution >= 0.6 is 0 Å². The van der Waals surface area contributed by atoms with Gasteiger partial charge < -0.3 is 24.4 Å². The van der Waals surface area contributed by atoms with Crippen molar-refractivity contribution in [3.05, 3.63) is 53.6 Å². The maximum atomic E-state index is 13.1. The highest BCUT2D eigenvalue weighted by Crippen LogP contribution is 2.30. The van der Waals surface area contributed by atoms with Crippen LogP contribution in [0.2, 0.25) is 0 Å². The van der Waals surface area contributed by atoms with Crippen LogP contribution in [0.1, 0.15) is 28.9 Å². The fourth-order valence-electron chi connectivity index (χ4n) is 3.65. The topological polar surface area (TPSA) is 97.4 Å². The number of nitrogens with zero attached hydrogens (tertiary/aromatic N) is 2. The summed E-state index contributed by atoms with van der Waals surface area (Å²) in [6.07, 6.45) is 0. The molecule has 1 N–H and O–H groups in total. The predicted molar refractivity (Wildman–Crippen MR) is 129 cm³/mol. The molecule has 0 aliphatic carbocycles. The average molecular weight is 492 g/mol. The van der Waals surface area contributed by atoms with E-state index in [1.165, 1.54) is 16.4 Å². The minimum atomic E-state index is -3.66. The minimum Gasteiger partial charge on any atom is -0.493 e. The smallest absolute Gasteiger partial charge is 0.251 e. The Balaban J connectivity index is 1.71. The molecule has 1 atom stereocenters. The van der Waals surface area contributed by atoms with Gasteiger partial charge in [-0.05, 0) is 49.9 Å². The molecule has 10 heteroatoms. The molecule has 9 nitrogen and oxygen atoms in total. The van der Waals surface area contributed by atoms with Crippen LogP contribution in [0.5, 0.6) is 11.5 Å². The molecule has 186 valence electrons. The predicted octanol–water partition coefficient (Wildman–Crippen LogP) is 2.15. The summed E-state index contributed by atoms with van der Waals surface area (Å²) in [5, 5.41) is 2.93. The van der Waals surface area contributed by atoms with Crippen LogP contribution in [-0.2, 0) is 14.8 Å². The number of carbonyl (C=O) groups excluding carboxylic acids is 1. The molecular weight excluding hydrogens is 458 g/mol. The number of piperazine rings is 1. The lowest BCUT2D eigenvalue weighted by molar-refractivity contribution is 0.0939. The third-order valence-corrected chi connectivity index (χ3v) is 7.67.